The molecule has 0 amide bonds. The van der Waals surface area contributed by atoms with E-state index in [0.29, 0.717) is 43.5 Å². The molecule has 0 radical (unpaired) electrons. The average molecular weight is 685 g/mol. The summed E-state index contributed by atoms with van der Waals surface area (Å²) >= 11 is 6.46. The van der Waals surface area contributed by atoms with Gasteiger partial charge in [-0.2, -0.15) is 0 Å². The second kappa shape index (κ2) is 13.9. The highest BCUT2D eigenvalue weighted by Gasteiger charge is 2.43. The molecule has 0 unspecified atom stereocenters. The Hall–Kier alpha value is -5.84. The third-order valence-electron chi connectivity index (χ3n) is 9.00. The molecule has 1 aliphatic rings. The van der Waals surface area contributed by atoms with Gasteiger partial charge in [0.25, 0.3) is 0 Å². The van der Waals surface area contributed by atoms with Crippen LogP contribution in [0, 0.1) is 17.0 Å². The lowest BCUT2D eigenvalue weighted by Gasteiger charge is -2.37. The van der Waals surface area contributed by atoms with E-state index in [1.165, 1.54) is 6.20 Å². The smallest absolute Gasteiger partial charge is 0.334 e. The summed E-state index contributed by atoms with van der Waals surface area (Å²) in [5.74, 6) is 0.190. The third-order valence-corrected chi connectivity index (χ3v) is 9.33. The molecule has 50 heavy (non-hydrogen) atoms. The zero-order valence-corrected chi connectivity index (χ0v) is 28.0. The third kappa shape index (κ3) is 5.89. The summed E-state index contributed by atoms with van der Waals surface area (Å²) in [4.78, 5) is 33.2. The lowest BCUT2D eigenvalue weighted by Crippen LogP contribution is -2.39. The summed E-state index contributed by atoms with van der Waals surface area (Å²) in [6.07, 6.45) is 1.48. The zero-order chi connectivity index (χ0) is 34.7. The van der Waals surface area contributed by atoms with Crippen LogP contribution in [0.2, 0.25) is 5.02 Å². The molecule has 3 heterocycles. The summed E-state index contributed by atoms with van der Waals surface area (Å²) in [5.41, 5.74) is 2.35. The maximum atomic E-state index is 14.0. The van der Waals surface area contributed by atoms with Crippen molar-refractivity contribution in [3.05, 3.63) is 176 Å². The molecule has 0 spiro atoms. The Morgan fingerprint density at radius 1 is 0.840 bits per heavy atom. The van der Waals surface area contributed by atoms with Crippen LogP contribution in [0.3, 0.4) is 0 Å². The molecular formula is C39H33ClN6O4. The van der Waals surface area contributed by atoms with Crippen LogP contribution < -0.4 is 10.2 Å². The van der Waals surface area contributed by atoms with E-state index in [1.807, 2.05) is 95.9 Å². The molecule has 4 aromatic carbocycles. The van der Waals surface area contributed by atoms with Crippen molar-refractivity contribution in [2.75, 3.05) is 36.5 Å². The van der Waals surface area contributed by atoms with Gasteiger partial charge in [0.15, 0.2) is 5.78 Å². The number of ketones is 1. The standard InChI is InChI=1S/C39H33ClN6O4/c1-27-36(46(48)49)38(42-34-25-35(44-21-23-50-24-22-44)41-26-32(34)37(47)31-19-11-12-20-33(31)40)43-45(27)39(28-13-5-2-6-14-28,29-15-7-3-8-16-29)30-17-9-4-10-18-30/h2-20,25-26H,21-24H2,1H3,(H,41,42,43). The normalized spacial score (nSPS) is 13.2. The number of nitrogens with one attached hydrogen (secondary N) is 1. The molecule has 1 N–H and O–H groups in total. The SMILES string of the molecule is Cc1c([N+](=O)[O-])c(Nc2cc(N3CCOCC3)ncc2C(=O)c2ccccc2Cl)nn1C(c1ccccc1)(c1ccccc1)c1ccccc1. The molecule has 10 nitrogen and oxygen atoms in total. The largest absolute Gasteiger partial charge is 0.378 e. The molecule has 0 bridgehead atoms. The number of hydrogen-bond donors (Lipinski definition) is 1. The molecule has 0 atom stereocenters. The monoisotopic (exact) mass is 684 g/mol. The molecule has 1 fully saturated rings. The van der Waals surface area contributed by atoms with Gasteiger partial charge in [-0.25, -0.2) is 9.67 Å². The molecule has 2 aromatic heterocycles. The van der Waals surface area contributed by atoms with Crippen molar-refractivity contribution >= 4 is 40.4 Å². The lowest BCUT2D eigenvalue weighted by molar-refractivity contribution is -0.384. The van der Waals surface area contributed by atoms with Crippen LogP contribution in [0.5, 0.6) is 0 Å². The Morgan fingerprint density at radius 3 is 1.92 bits per heavy atom. The van der Waals surface area contributed by atoms with Crippen LogP contribution in [0.15, 0.2) is 128 Å². The van der Waals surface area contributed by atoms with E-state index in [-0.39, 0.29) is 33.4 Å². The molecule has 0 saturated carbocycles. The van der Waals surface area contributed by atoms with Gasteiger partial charge in [-0.15, -0.1) is 5.10 Å². The Kier molecular flexibility index (Phi) is 9.12. The van der Waals surface area contributed by atoms with Gasteiger partial charge in [0, 0.05) is 30.9 Å². The molecule has 1 aliphatic heterocycles. The summed E-state index contributed by atoms with van der Waals surface area (Å²) in [7, 11) is 0. The first kappa shape index (κ1) is 32.7. The number of morpholine rings is 1. The number of pyridine rings is 1. The number of nitro groups is 1. The maximum Gasteiger partial charge on any atom is 0.334 e. The highest BCUT2D eigenvalue weighted by Crippen LogP contribution is 2.45. The summed E-state index contributed by atoms with van der Waals surface area (Å²) < 4.78 is 7.25. The number of ether oxygens (including phenoxy) is 1. The molecule has 250 valence electrons. The van der Waals surface area contributed by atoms with Gasteiger partial charge >= 0.3 is 5.69 Å². The van der Waals surface area contributed by atoms with Gasteiger partial charge in [-0.1, -0.05) is 115 Å². The minimum absolute atomic E-state index is 0.0213. The highest BCUT2D eigenvalue weighted by atomic mass is 35.5. The Labute approximate surface area is 294 Å². The number of aromatic nitrogens is 3. The minimum Gasteiger partial charge on any atom is -0.378 e. The Bertz CT molecular complexity index is 2060. The van der Waals surface area contributed by atoms with Crippen LogP contribution in [0.4, 0.5) is 23.0 Å². The zero-order valence-electron chi connectivity index (χ0n) is 27.2. The average Bonchev–Trinajstić information content (AvgIpc) is 3.49. The van der Waals surface area contributed by atoms with Gasteiger partial charge in [0.2, 0.25) is 5.82 Å². The van der Waals surface area contributed by atoms with Crippen molar-refractivity contribution in [3.8, 4) is 0 Å². The first-order valence-electron chi connectivity index (χ1n) is 16.2. The quantitative estimate of drug-likeness (QED) is 0.0673. The number of carbonyl (C=O) groups excluding carboxylic acids is 1. The molecular weight excluding hydrogens is 652 g/mol. The Morgan fingerprint density at radius 2 is 1.38 bits per heavy atom. The van der Waals surface area contributed by atoms with Crippen LogP contribution >= 0.6 is 11.6 Å². The number of nitrogens with zero attached hydrogens (tertiary/aromatic N) is 5. The second-order valence-electron chi connectivity index (χ2n) is 11.9. The van der Waals surface area contributed by atoms with E-state index >= 15 is 0 Å². The van der Waals surface area contributed by atoms with E-state index in [4.69, 9.17) is 21.4 Å². The number of halogens is 1. The molecule has 6 aromatic rings. The summed E-state index contributed by atoms with van der Waals surface area (Å²) in [6.45, 7) is 3.96. The molecule has 11 heteroatoms. The van der Waals surface area contributed by atoms with Gasteiger partial charge in [-0.3, -0.25) is 14.9 Å². The summed E-state index contributed by atoms with van der Waals surface area (Å²) in [6, 6.07) is 37.9. The van der Waals surface area contributed by atoms with E-state index < -0.39 is 10.5 Å². The molecule has 1 saturated heterocycles. The predicted molar refractivity (Wildman–Crippen MR) is 194 cm³/mol. The van der Waals surface area contributed by atoms with E-state index in [0.717, 1.165) is 16.7 Å². The summed E-state index contributed by atoms with van der Waals surface area (Å²) in [5, 5.41) is 21.5. The van der Waals surface area contributed by atoms with E-state index in [1.54, 1.807) is 41.9 Å². The van der Waals surface area contributed by atoms with Crippen LogP contribution in [-0.4, -0.2) is 51.8 Å². The molecule has 7 rings (SSSR count). The number of anilines is 3. The fourth-order valence-electron chi connectivity index (χ4n) is 6.64. The van der Waals surface area contributed by atoms with Crippen molar-refractivity contribution in [2.45, 2.75) is 12.5 Å². The van der Waals surface area contributed by atoms with Crippen LogP contribution in [0.25, 0.3) is 0 Å². The van der Waals surface area contributed by atoms with Gasteiger partial charge < -0.3 is 15.0 Å². The topological polar surface area (TPSA) is 115 Å². The Balaban J connectivity index is 1.46. The first-order chi connectivity index (χ1) is 24.4. The highest BCUT2D eigenvalue weighted by molar-refractivity contribution is 6.35. The number of hydrogen-bond acceptors (Lipinski definition) is 8. The van der Waals surface area contributed by atoms with E-state index in [9.17, 15) is 14.9 Å². The maximum absolute atomic E-state index is 14.0. The fraction of sp³-hybridized carbons (Fsp3) is 0.154. The van der Waals surface area contributed by atoms with Crippen LogP contribution in [-0.2, 0) is 10.3 Å². The first-order valence-corrected chi connectivity index (χ1v) is 16.6. The number of benzene rings is 4. The van der Waals surface area contributed by atoms with Gasteiger partial charge in [0.05, 0.1) is 34.4 Å². The van der Waals surface area contributed by atoms with Crippen LogP contribution in [0.1, 0.15) is 38.3 Å². The number of carbonyl (C=O) groups is 1. The minimum atomic E-state index is -1.11. The molecule has 0 aliphatic carbocycles. The predicted octanol–water partition coefficient (Wildman–Crippen LogP) is 7.80. The van der Waals surface area contributed by atoms with Crippen molar-refractivity contribution in [1.82, 2.24) is 14.8 Å². The lowest BCUT2D eigenvalue weighted by atomic mass is 9.77. The second-order valence-corrected chi connectivity index (χ2v) is 12.3. The van der Waals surface area contributed by atoms with Gasteiger partial charge in [-0.05, 0) is 35.7 Å². The van der Waals surface area contributed by atoms with Crippen molar-refractivity contribution in [1.29, 1.82) is 0 Å². The van der Waals surface area contributed by atoms with Crippen molar-refractivity contribution in [3.63, 3.8) is 0 Å². The van der Waals surface area contributed by atoms with Gasteiger partial charge in [0.1, 0.15) is 17.1 Å². The van der Waals surface area contributed by atoms with Crippen molar-refractivity contribution < 1.29 is 14.5 Å². The van der Waals surface area contributed by atoms with E-state index in [2.05, 4.69) is 10.3 Å². The fourth-order valence-corrected chi connectivity index (χ4v) is 6.86. The van der Waals surface area contributed by atoms with Crippen molar-refractivity contribution in [2.24, 2.45) is 0 Å². The number of rotatable bonds is 10.